The molecule has 1 saturated heterocycles. The van der Waals surface area contributed by atoms with Crippen LogP contribution in [0.4, 0.5) is 5.69 Å². The van der Waals surface area contributed by atoms with E-state index in [2.05, 4.69) is 22.6 Å². The lowest BCUT2D eigenvalue weighted by Gasteiger charge is -2.24. The van der Waals surface area contributed by atoms with E-state index >= 15 is 0 Å². The Hall–Kier alpha value is -2.80. The molecule has 10 heteroatoms. The van der Waals surface area contributed by atoms with Crippen molar-refractivity contribution in [3.8, 4) is 0 Å². The molecule has 0 aromatic heterocycles. The van der Waals surface area contributed by atoms with Gasteiger partial charge in [0.05, 0.1) is 0 Å². The van der Waals surface area contributed by atoms with Crippen molar-refractivity contribution in [2.75, 3.05) is 18.5 Å². The Morgan fingerprint density at radius 2 is 1.64 bits per heavy atom. The van der Waals surface area contributed by atoms with Gasteiger partial charge < -0.3 is 16.0 Å². The molecule has 3 N–H and O–H groups in total. The molecule has 1 aliphatic rings. The van der Waals surface area contributed by atoms with E-state index in [1.807, 2.05) is 38.1 Å². The number of imide groups is 1. The molecule has 1 heterocycles. The van der Waals surface area contributed by atoms with Crippen molar-refractivity contribution in [1.29, 1.82) is 0 Å². The summed E-state index contributed by atoms with van der Waals surface area (Å²) < 4.78 is 0. The number of hydrogen-bond donors (Lipinski definition) is 3. The first-order chi connectivity index (χ1) is 17.0. The van der Waals surface area contributed by atoms with E-state index in [4.69, 9.17) is 0 Å². The molecule has 0 radical (unpaired) electrons. The molecule has 0 spiro atoms. The average molecular weight is 521 g/mol. The monoisotopic (exact) mass is 520 g/mol. The fraction of sp³-hybridized carbons (Fsp3) is 0.577. The number of amides is 5. The van der Waals surface area contributed by atoms with Gasteiger partial charge in [0.15, 0.2) is 0 Å². The summed E-state index contributed by atoms with van der Waals surface area (Å²) >= 11 is 0. The summed E-state index contributed by atoms with van der Waals surface area (Å²) in [7, 11) is 0.814. The second kappa shape index (κ2) is 15.3. The molecule has 2 rings (SSSR count). The Labute approximate surface area is 216 Å². The van der Waals surface area contributed by atoms with Crippen LogP contribution in [0.3, 0.4) is 0 Å². The van der Waals surface area contributed by atoms with Crippen LogP contribution in [0.1, 0.15) is 59.9 Å². The summed E-state index contributed by atoms with van der Waals surface area (Å²) in [6.07, 6.45) is 1.05. The molecule has 200 valence electrons. The molecule has 1 aliphatic heterocycles. The summed E-state index contributed by atoms with van der Waals surface area (Å²) in [6.45, 7) is 12.9. The molecule has 36 heavy (non-hydrogen) atoms. The zero-order chi connectivity index (χ0) is 27.4. The summed E-state index contributed by atoms with van der Waals surface area (Å²) in [5, 5.41) is 8.09. The Morgan fingerprint density at radius 3 is 2.14 bits per heavy atom. The Morgan fingerprint density at radius 1 is 1.03 bits per heavy atom. The highest BCUT2D eigenvalue weighted by Gasteiger charge is 2.35. The summed E-state index contributed by atoms with van der Waals surface area (Å²) in [6, 6.07) is 5.91. The zero-order valence-corrected chi connectivity index (χ0v) is 23.4. The predicted molar refractivity (Wildman–Crippen MR) is 144 cm³/mol. The van der Waals surface area contributed by atoms with Crippen molar-refractivity contribution in [3.63, 3.8) is 0 Å². The first-order valence-corrected chi connectivity index (χ1v) is 14.2. The summed E-state index contributed by atoms with van der Waals surface area (Å²) in [5.74, 6) is -2.47. The number of nitrogens with one attached hydrogen (secondary N) is 3. The molecule has 0 aliphatic carbocycles. The number of nitrogens with zero attached hydrogens (tertiary/aromatic N) is 1. The lowest BCUT2D eigenvalue weighted by molar-refractivity contribution is -0.140. The van der Waals surface area contributed by atoms with Crippen molar-refractivity contribution in [1.82, 2.24) is 15.5 Å². The van der Waals surface area contributed by atoms with Crippen LogP contribution in [0.5, 0.6) is 0 Å². The Kier molecular flexibility index (Phi) is 13.3. The van der Waals surface area contributed by atoms with Crippen molar-refractivity contribution < 1.29 is 24.0 Å². The van der Waals surface area contributed by atoms with Gasteiger partial charge in [-0.3, -0.25) is 28.9 Å². The molecular formula is C26H41N4O5P. The van der Waals surface area contributed by atoms with Gasteiger partial charge >= 0.3 is 0 Å². The highest BCUT2D eigenvalue weighted by atomic mass is 31.1. The van der Waals surface area contributed by atoms with Crippen LogP contribution < -0.4 is 16.0 Å². The van der Waals surface area contributed by atoms with Gasteiger partial charge in [-0.25, -0.2) is 0 Å². The Bertz CT molecular complexity index is 919. The molecule has 0 bridgehead atoms. The third-order valence-corrected chi connectivity index (χ3v) is 6.41. The topological polar surface area (TPSA) is 125 Å². The second-order valence-electron chi connectivity index (χ2n) is 8.97. The number of likely N-dealkylation sites (tertiary alicyclic amines) is 1. The van der Waals surface area contributed by atoms with Crippen LogP contribution in [0.2, 0.25) is 0 Å². The first kappa shape index (κ1) is 31.2. The van der Waals surface area contributed by atoms with E-state index in [0.717, 1.165) is 19.6 Å². The van der Waals surface area contributed by atoms with Gasteiger partial charge in [-0.2, -0.15) is 0 Å². The van der Waals surface area contributed by atoms with Gasteiger partial charge in [-0.15, -0.1) is 8.58 Å². The fourth-order valence-electron chi connectivity index (χ4n) is 3.61. The van der Waals surface area contributed by atoms with E-state index in [1.165, 1.54) is 5.56 Å². The number of carbonyl (C=O) groups excluding carboxylic acids is 5. The quantitative estimate of drug-likeness (QED) is 0.306. The van der Waals surface area contributed by atoms with Gasteiger partial charge in [0.1, 0.15) is 12.1 Å². The van der Waals surface area contributed by atoms with E-state index in [9.17, 15) is 24.0 Å². The summed E-state index contributed by atoms with van der Waals surface area (Å²) in [4.78, 5) is 62.7. The van der Waals surface area contributed by atoms with E-state index in [-0.39, 0.29) is 48.9 Å². The van der Waals surface area contributed by atoms with Gasteiger partial charge in [0, 0.05) is 31.0 Å². The molecule has 4 unspecified atom stereocenters. The molecule has 1 aromatic carbocycles. The van der Waals surface area contributed by atoms with E-state index < -0.39 is 23.9 Å². The van der Waals surface area contributed by atoms with E-state index in [1.54, 1.807) is 27.7 Å². The first-order valence-electron chi connectivity index (χ1n) is 12.5. The van der Waals surface area contributed by atoms with Crippen LogP contribution in [0, 0.1) is 11.8 Å². The lowest BCUT2D eigenvalue weighted by Crippen LogP contribution is -2.54. The number of hydrogen-bond acceptors (Lipinski definition) is 5. The van der Waals surface area contributed by atoms with Gasteiger partial charge in [-0.05, 0) is 43.4 Å². The second-order valence-corrected chi connectivity index (χ2v) is 10.0. The van der Waals surface area contributed by atoms with Crippen LogP contribution in [0.15, 0.2) is 24.3 Å². The average Bonchev–Trinajstić information content (AvgIpc) is 3.08. The maximum atomic E-state index is 12.8. The van der Waals surface area contributed by atoms with Gasteiger partial charge in [-0.1, -0.05) is 46.8 Å². The number of rotatable bonds is 11. The number of anilines is 1. The molecule has 5 amide bonds. The highest BCUT2D eigenvalue weighted by molar-refractivity contribution is 7.36. The predicted octanol–water partition coefficient (Wildman–Crippen LogP) is 2.89. The maximum Gasteiger partial charge on any atom is 0.246 e. The minimum atomic E-state index is -0.860. The molecule has 9 nitrogen and oxygen atoms in total. The van der Waals surface area contributed by atoms with Gasteiger partial charge in [0.2, 0.25) is 29.5 Å². The number of benzene rings is 1. The molecule has 1 fully saturated rings. The van der Waals surface area contributed by atoms with Crippen molar-refractivity contribution >= 4 is 43.8 Å². The third kappa shape index (κ3) is 9.34. The maximum absolute atomic E-state index is 12.8. The largest absolute Gasteiger partial charge is 0.344 e. The third-order valence-electron chi connectivity index (χ3n) is 5.65. The molecule has 1 aromatic rings. The lowest BCUT2D eigenvalue weighted by atomic mass is 10.0. The highest BCUT2D eigenvalue weighted by Crippen LogP contribution is 2.19. The molecular weight excluding hydrogens is 479 g/mol. The van der Waals surface area contributed by atoms with Crippen LogP contribution in [-0.4, -0.2) is 59.7 Å². The van der Waals surface area contributed by atoms with E-state index in [0.29, 0.717) is 5.69 Å². The smallest absolute Gasteiger partial charge is 0.246 e. The van der Waals surface area contributed by atoms with Crippen LogP contribution >= 0.6 is 8.58 Å². The zero-order valence-electron chi connectivity index (χ0n) is 22.4. The van der Waals surface area contributed by atoms with Crippen LogP contribution in [0.25, 0.3) is 0 Å². The SMILES string of the molecule is CC.CPCc1ccc(NC(=O)C(C)NC(=O)C(NC(=O)CCN2C(=O)CC(C)C2=O)C(C)C)cc1. The fourth-order valence-corrected chi connectivity index (χ4v) is 4.25. The van der Waals surface area contributed by atoms with Gasteiger partial charge in [0.25, 0.3) is 0 Å². The molecule has 4 atom stereocenters. The normalized spacial score (nSPS) is 17.0. The van der Waals surface area contributed by atoms with Crippen molar-refractivity contribution in [2.24, 2.45) is 11.8 Å². The summed E-state index contributed by atoms with van der Waals surface area (Å²) in [5.41, 5.74) is 1.84. The molecule has 0 saturated carbocycles. The van der Waals surface area contributed by atoms with Crippen molar-refractivity contribution in [3.05, 3.63) is 29.8 Å². The van der Waals surface area contributed by atoms with Crippen molar-refractivity contribution in [2.45, 2.75) is 72.6 Å². The minimum absolute atomic E-state index is 0.0173. The Balaban J connectivity index is 0.00000316. The minimum Gasteiger partial charge on any atom is -0.344 e. The van der Waals surface area contributed by atoms with Crippen LogP contribution in [-0.2, 0) is 30.1 Å². The number of carbonyl (C=O) groups is 5. The standard InChI is InChI=1S/C24H35N4O5P.C2H6/c1-14(2)21(27-19(29)10-11-28-20(30)12-15(3)24(28)33)23(32)25-16(4)22(31)26-18-8-6-17(7-9-18)13-34-5;1-2/h6-9,14-16,21,34H,10-13H2,1-5H3,(H,25,32)(H,26,31)(H,27,29);1-2H3.